The molecular weight excluding hydrogens is 722 g/mol. The lowest BCUT2D eigenvalue weighted by atomic mass is 10.0. The minimum Gasteiger partial charge on any atom is -0.480 e. The fourth-order valence-electron chi connectivity index (χ4n) is 4.86. The van der Waals surface area contributed by atoms with E-state index < -0.39 is 80.4 Å². The number of carboxylic acids is 1. The van der Waals surface area contributed by atoms with Crippen LogP contribution in [0, 0.1) is 0 Å². The fraction of sp³-hybridized carbons (Fsp3) is 0.182. The van der Waals surface area contributed by atoms with E-state index in [4.69, 9.17) is 19.6 Å². The van der Waals surface area contributed by atoms with Gasteiger partial charge in [0.1, 0.15) is 12.1 Å². The zero-order chi connectivity index (χ0) is 37.8. The van der Waals surface area contributed by atoms with Crippen LogP contribution < -0.4 is 10.6 Å². The molecule has 4 rings (SSSR count). The summed E-state index contributed by atoms with van der Waals surface area (Å²) < 4.78 is 79.0. The molecule has 0 bridgehead atoms. The van der Waals surface area contributed by atoms with E-state index in [-0.39, 0.29) is 16.7 Å². The third-order valence-electron chi connectivity index (χ3n) is 7.70. The predicted molar refractivity (Wildman–Crippen MR) is 175 cm³/mol. The Kier molecular flexibility index (Phi) is 11.7. The molecule has 18 heteroatoms. The van der Waals surface area contributed by atoms with Crippen LogP contribution in [0.4, 0.5) is 17.6 Å². The van der Waals surface area contributed by atoms with Crippen LogP contribution in [0.5, 0.6) is 0 Å². The first-order valence-electron chi connectivity index (χ1n) is 14.8. The topological polar surface area (TPSA) is 211 Å². The second kappa shape index (κ2) is 15.3. The van der Waals surface area contributed by atoms with Crippen molar-refractivity contribution in [3.8, 4) is 11.1 Å². The van der Waals surface area contributed by atoms with Crippen molar-refractivity contribution in [2.45, 2.75) is 36.3 Å². The maximum absolute atomic E-state index is 14.2. The minimum absolute atomic E-state index is 0.0774. The summed E-state index contributed by atoms with van der Waals surface area (Å²) >= 11 is 0. The smallest absolute Gasteiger partial charge is 0.399 e. The number of amides is 2. The summed E-state index contributed by atoms with van der Waals surface area (Å²) in [7, 11) is -11.7. The van der Waals surface area contributed by atoms with Crippen LogP contribution in [0.25, 0.3) is 11.1 Å². The van der Waals surface area contributed by atoms with Crippen molar-refractivity contribution >= 4 is 33.0 Å². The van der Waals surface area contributed by atoms with Gasteiger partial charge in [-0.15, -0.1) is 0 Å². The highest BCUT2D eigenvalue weighted by Gasteiger charge is 2.51. The van der Waals surface area contributed by atoms with Gasteiger partial charge >= 0.3 is 32.5 Å². The third-order valence-corrected chi connectivity index (χ3v) is 9.68. The predicted octanol–water partition coefficient (Wildman–Crippen LogP) is 4.96. The van der Waals surface area contributed by atoms with Crippen LogP contribution in [0.3, 0.4) is 0 Å². The van der Waals surface area contributed by atoms with Crippen LogP contribution in [0.1, 0.15) is 32.6 Å². The Balaban J connectivity index is 1.58. The van der Waals surface area contributed by atoms with Crippen molar-refractivity contribution in [3.05, 3.63) is 131 Å². The summed E-state index contributed by atoms with van der Waals surface area (Å²) in [6.07, 6.45) is -0.892. The monoisotopic (exact) mass is 752 g/mol. The highest BCUT2D eigenvalue weighted by molar-refractivity contribution is 7.52. The first kappa shape index (κ1) is 39.1. The average molecular weight is 753 g/mol. The Morgan fingerprint density at radius 3 is 1.41 bits per heavy atom. The molecule has 4 aromatic carbocycles. The van der Waals surface area contributed by atoms with E-state index in [0.717, 1.165) is 47.5 Å². The molecule has 0 aliphatic heterocycles. The Labute approximate surface area is 287 Å². The summed E-state index contributed by atoms with van der Waals surface area (Å²) in [5, 5.41) is 14.6. The molecule has 270 valence electrons. The van der Waals surface area contributed by atoms with Crippen molar-refractivity contribution in [1.82, 2.24) is 10.6 Å². The lowest BCUT2D eigenvalue weighted by Gasteiger charge is -2.23. The van der Waals surface area contributed by atoms with Gasteiger partial charge in [0.15, 0.2) is 0 Å². The van der Waals surface area contributed by atoms with Gasteiger partial charge < -0.3 is 35.3 Å². The number of alkyl halides is 4. The Morgan fingerprint density at radius 2 is 1.00 bits per heavy atom. The Morgan fingerprint density at radius 1 is 0.588 bits per heavy atom. The van der Waals surface area contributed by atoms with Crippen LogP contribution in [-0.4, -0.2) is 54.5 Å². The summed E-state index contributed by atoms with van der Waals surface area (Å²) in [5.41, 5.74) is -9.12. The first-order chi connectivity index (χ1) is 23.7. The number of halogens is 4. The van der Waals surface area contributed by atoms with Gasteiger partial charge in [0.2, 0.25) is 5.91 Å². The quantitative estimate of drug-likeness (QED) is 0.0680. The Bertz CT molecular complexity index is 1970. The van der Waals surface area contributed by atoms with E-state index >= 15 is 0 Å². The highest BCUT2D eigenvalue weighted by atomic mass is 31.2. The van der Waals surface area contributed by atoms with Gasteiger partial charge in [-0.2, -0.15) is 17.6 Å². The van der Waals surface area contributed by atoms with E-state index in [2.05, 4.69) is 10.6 Å². The van der Waals surface area contributed by atoms with E-state index in [0.29, 0.717) is 12.1 Å². The van der Waals surface area contributed by atoms with E-state index in [9.17, 15) is 46.2 Å². The fourth-order valence-corrected chi connectivity index (χ4v) is 5.83. The zero-order valence-electron chi connectivity index (χ0n) is 26.1. The van der Waals surface area contributed by atoms with Crippen LogP contribution in [-0.2, 0) is 42.9 Å². The molecule has 0 heterocycles. The molecule has 2 amide bonds. The molecule has 2 unspecified atom stereocenters. The van der Waals surface area contributed by atoms with Crippen molar-refractivity contribution in [1.29, 1.82) is 0 Å². The molecule has 12 nitrogen and oxygen atoms in total. The molecule has 51 heavy (non-hydrogen) atoms. The average Bonchev–Trinajstić information content (AvgIpc) is 3.07. The number of carbonyl (C=O) groups is 3. The minimum atomic E-state index is -5.88. The number of carbonyl (C=O) groups excluding carboxylic acids is 2. The third kappa shape index (κ3) is 9.36. The molecular formula is C33H30F4N2O10P2. The van der Waals surface area contributed by atoms with Crippen molar-refractivity contribution in [2.75, 3.05) is 0 Å². The maximum atomic E-state index is 14.2. The summed E-state index contributed by atoms with van der Waals surface area (Å²) in [6.45, 7) is 0. The van der Waals surface area contributed by atoms with Gasteiger partial charge in [-0.1, -0.05) is 91.0 Å². The molecule has 0 spiro atoms. The standard InChI is InChI=1S/C33H30F4N2O10P2/c34-32(35,50(44,45)46)25-14-6-20(7-15-25)18-27(38-29(40)24-12-10-23(11-13-24)22-4-2-1-3-5-22)30(41)39-28(31(42)43)19-21-8-16-26(17-9-21)33(36,37)51(47,48)49/h1-17,27-28H,18-19H2,(H,38,40)(H,39,41)(H,42,43)(H2,44,45,46)(H2,47,48,49). The number of benzene rings is 4. The number of carboxylic acid groups (broad SMARTS) is 1. The molecule has 4 aromatic rings. The molecule has 0 aromatic heterocycles. The van der Waals surface area contributed by atoms with E-state index in [1.54, 1.807) is 12.1 Å². The van der Waals surface area contributed by atoms with Crippen molar-refractivity contribution < 1.29 is 65.8 Å². The lowest BCUT2D eigenvalue weighted by molar-refractivity contribution is -0.142. The zero-order valence-corrected chi connectivity index (χ0v) is 27.9. The molecule has 7 N–H and O–H groups in total. The molecule has 0 radical (unpaired) electrons. The molecule has 2 atom stereocenters. The molecule has 0 aliphatic rings. The highest BCUT2D eigenvalue weighted by Crippen LogP contribution is 2.60. The van der Waals surface area contributed by atoms with Gasteiger partial charge in [0, 0.05) is 29.5 Å². The van der Waals surface area contributed by atoms with Gasteiger partial charge in [-0.25, -0.2) is 4.79 Å². The van der Waals surface area contributed by atoms with Crippen molar-refractivity contribution in [3.63, 3.8) is 0 Å². The number of aliphatic carboxylic acids is 1. The number of nitrogens with one attached hydrogen (secondary N) is 2. The van der Waals surface area contributed by atoms with E-state index in [1.807, 2.05) is 30.3 Å². The largest absolute Gasteiger partial charge is 0.480 e. The first-order valence-corrected chi connectivity index (χ1v) is 18.0. The van der Waals surface area contributed by atoms with Gasteiger partial charge in [0.05, 0.1) is 0 Å². The van der Waals surface area contributed by atoms with Crippen LogP contribution in [0.15, 0.2) is 103 Å². The number of rotatable bonds is 14. The number of hydrogen-bond acceptors (Lipinski definition) is 5. The normalized spacial score (nSPS) is 13.6. The van der Waals surface area contributed by atoms with Crippen molar-refractivity contribution in [2.24, 2.45) is 0 Å². The SMILES string of the molecule is O=C(NC(Cc1ccc(C(F)(F)P(=O)(O)O)cc1)C(=O)NC(Cc1ccc(C(F)(F)P(=O)(O)O)cc1)C(=O)O)c1ccc(-c2ccccc2)cc1. The maximum Gasteiger partial charge on any atom is 0.399 e. The van der Waals surface area contributed by atoms with Gasteiger partial charge in [-0.3, -0.25) is 18.7 Å². The lowest BCUT2D eigenvalue weighted by Crippen LogP contribution is -2.53. The summed E-state index contributed by atoms with van der Waals surface area (Å²) in [6, 6.07) is 19.1. The van der Waals surface area contributed by atoms with Gasteiger partial charge in [0.25, 0.3) is 5.91 Å². The molecule has 0 saturated carbocycles. The van der Waals surface area contributed by atoms with Crippen LogP contribution in [0.2, 0.25) is 0 Å². The Hall–Kier alpha value is -4.69. The van der Waals surface area contributed by atoms with Crippen LogP contribution >= 0.6 is 15.2 Å². The summed E-state index contributed by atoms with van der Waals surface area (Å²) in [5.74, 6) is -3.39. The number of hydrogen-bond donors (Lipinski definition) is 7. The molecule has 0 aliphatic carbocycles. The molecule has 0 saturated heterocycles. The second-order valence-corrected chi connectivity index (χ2v) is 14.6. The van der Waals surface area contributed by atoms with E-state index in [1.165, 1.54) is 12.1 Å². The van der Waals surface area contributed by atoms with Gasteiger partial charge in [-0.05, 0) is 34.4 Å². The second-order valence-electron chi connectivity index (χ2n) is 11.3. The summed E-state index contributed by atoms with van der Waals surface area (Å²) in [4.78, 5) is 74.9. The molecule has 0 fully saturated rings.